The van der Waals surface area contributed by atoms with Crippen molar-refractivity contribution in [1.82, 2.24) is 20.5 Å². The number of aliphatic hydroxyl groups is 1. The molecule has 2 aliphatic rings. The normalized spacial score (nSPS) is 24.2. The number of hydrogen-bond donors (Lipinski definition) is 3. The minimum absolute atomic E-state index is 0.0597. The van der Waals surface area contributed by atoms with Crippen LogP contribution in [-0.4, -0.2) is 58.5 Å². The molecule has 1 saturated heterocycles. The molecule has 1 aromatic carbocycles. The molecule has 1 aliphatic carbocycles. The predicted molar refractivity (Wildman–Crippen MR) is 110 cm³/mol. The Morgan fingerprint density at radius 3 is 2.61 bits per heavy atom. The zero-order valence-electron chi connectivity index (χ0n) is 17.8. The van der Waals surface area contributed by atoms with E-state index in [1.54, 1.807) is 0 Å². The molecule has 1 saturated carbocycles. The Morgan fingerprint density at radius 1 is 1.24 bits per heavy atom. The molecule has 0 atom stereocenters. The third kappa shape index (κ3) is 5.36. The summed E-state index contributed by atoms with van der Waals surface area (Å²) in [4.78, 5) is 30.5. The highest BCUT2D eigenvalue weighted by molar-refractivity contribution is 5.96. The fraction of sp³-hybridized carbons (Fsp3) is 0.500. The molecule has 178 valence electrons. The highest BCUT2D eigenvalue weighted by Gasteiger charge is 2.42. The van der Waals surface area contributed by atoms with E-state index in [0.29, 0.717) is 37.9 Å². The minimum atomic E-state index is -4.55. The highest BCUT2D eigenvalue weighted by Crippen LogP contribution is 2.38. The first-order chi connectivity index (χ1) is 15.6. The zero-order valence-corrected chi connectivity index (χ0v) is 17.8. The molecule has 4 rings (SSSR count). The SMILES string of the molecule is O=C(CNC(=O)c1cccc(C(F)(F)F)c1)NC1CN([C@H]2CC[C@@](O)(c3ncco3)CC2)C1. The van der Waals surface area contributed by atoms with E-state index in [4.69, 9.17) is 4.42 Å². The van der Waals surface area contributed by atoms with Gasteiger partial charge in [0.2, 0.25) is 11.8 Å². The molecule has 33 heavy (non-hydrogen) atoms. The average molecular weight is 466 g/mol. The van der Waals surface area contributed by atoms with Gasteiger partial charge in [-0.15, -0.1) is 0 Å². The van der Waals surface area contributed by atoms with Crippen LogP contribution in [0.3, 0.4) is 0 Å². The van der Waals surface area contributed by atoms with Crippen LogP contribution in [-0.2, 0) is 16.6 Å². The van der Waals surface area contributed by atoms with E-state index in [9.17, 15) is 27.9 Å². The van der Waals surface area contributed by atoms with Gasteiger partial charge in [-0.2, -0.15) is 13.2 Å². The fourth-order valence-corrected chi connectivity index (χ4v) is 4.39. The van der Waals surface area contributed by atoms with E-state index < -0.39 is 29.2 Å². The number of carbonyl (C=O) groups excluding carboxylic acids is 2. The summed E-state index contributed by atoms with van der Waals surface area (Å²) in [6, 6.07) is 4.29. The summed E-state index contributed by atoms with van der Waals surface area (Å²) in [6.45, 7) is 1.00. The lowest BCUT2D eigenvalue weighted by atomic mass is 9.80. The molecule has 0 unspecified atom stereocenters. The van der Waals surface area contributed by atoms with Crippen LogP contribution in [0.4, 0.5) is 13.2 Å². The number of halogens is 3. The number of oxazole rings is 1. The molecule has 1 aliphatic heterocycles. The van der Waals surface area contributed by atoms with Crippen molar-refractivity contribution in [1.29, 1.82) is 0 Å². The molecular weight excluding hydrogens is 441 g/mol. The first-order valence-corrected chi connectivity index (χ1v) is 10.8. The molecule has 1 aromatic heterocycles. The van der Waals surface area contributed by atoms with Crippen molar-refractivity contribution in [2.75, 3.05) is 19.6 Å². The third-order valence-corrected chi connectivity index (χ3v) is 6.27. The van der Waals surface area contributed by atoms with Crippen molar-refractivity contribution in [2.24, 2.45) is 0 Å². The van der Waals surface area contributed by atoms with Crippen molar-refractivity contribution in [3.63, 3.8) is 0 Å². The van der Waals surface area contributed by atoms with Crippen LogP contribution in [0.15, 0.2) is 41.1 Å². The fourth-order valence-electron chi connectivity index (χ4n) is 4.39. The quantitative estimate of drug-likeness (QED) is 0.602. The first-order valence-electron chi connectivity index (χ1n) is 10.8. The summed E-state index contributed by atoms with van der Waals surface area (Å²) in [7, 11) is 0. The van der Waals surface area contributed by atoms with Crippen molar-refractivity contribution < 1.29 is 32.3 Å². The average Bonchev–Trinajstić information content (AvgIpc) is 3.31. The number of aromatic nitrogens is 1. The Morgan fingerprint density at radius 2 is 1.97 bits per heavy atom. The molecule has 3 N–H and O–H groups in total. The smallest absolute Gasteiger partial charge is 0.416 e. The maximum atomic E-state index is 12.8. The van der Waals surface area contributed by atoms with Gasteiger partial charge in [0.05, 0.1) is 24.3 Å². The topological polar surface area (TPSA) is 108 Å². The van der Waals surface area contributed by atoms with E-state index in [2.05, 4.69) is 20.5 Å². The van der Waals surface area contributed by atoms with Crippen LogP contribution in [0, 0.1) is 0 Å². The number of hydrogen-bond acceptors (Lipinski definition) is 6. The second-order valence-corrected chi connectivity index (χ2v) is 8.58. The molecule has 2 fully saturated rings. The summed E-state index contributed by atoms with van der Waals surface area (Å²) >= 11 is 0. The predicted octanol–water partition coefficient (Wildman–Crippen LogP) is 2.05. The summed E-state index contributed by atoms with van der Waals surface area (Å²) in [5, 5.41) is 15.9. The van der Waals surface area contributed by atoms with Gasteiger partial charge in [-0.3, -0.25) is 14.5 Å². The first kappa shape index (κ1) is 23.2. The zero-order chi connectivity index (χ0) is 23.6. The van der Waals surface area contributed by atoms with E-state index in [0.717, 1.165) is 31.0 Å². The van der Waals surface area contributed by atoms with E-state index >= 15 is 0 Å². The van der Waals surface area contributed by atoms with Crippen LogP contribution in [0.25, 0.3) is 0 Å². The van der Waals surface area contributed by atoms with E-state index in [1.807, 2.05) is 0 Å². The van der Waals surface area contributed by atoms with Gasteiger partial charge < -0.3 is 20.2 Å². The summed E-state index contributed by atoms with van der Waals surface area (Å²) in [5.41, 5.74) is -2.11. The number of alkyl halides is 3. The van der Waals surface area contributed by atoms with Crippen LogP contribution < -0.4 is 10.6 Å². The molecule has 2 aromatic rings. The molecular formula is C22H25F3N4O4. The van der Waals surface area contributed by atoms with E-state index in [-0.39, 0.29) is 18.2 Å². The number of benzene rings is 1. The van der Waals surface area contributed by atoms with Crippen molar-refractivity contribution in [3.05, 3.63) is 53.7 Å². The van der Waals surface area contributed by atoms with Gasteiger partial charge in [0.15, 0.2) is 0 Å². The number of nitrogens with zero attached hydrogens (tertiary/aromatic N) is 2. The minimum Gasteiger partial charge on any atom is -0.446 e. The van der Waals surface area contributed by atoms with Gasteiger partial charge in [-0.1, -0.05) is 6.07 Å². The number of carbonyl (C=O) groups is 2. The lowest BCUT2D eigenvalue weighted by molar-refractivity contribution is -0.137. The van der Waals surface area contributed by atoms with Gasteiger partial charge >= 0.3 is 6.18 Å². The van der Waals surface area contributed by atoms with Gasteiger partial charge in [-0.05, 0) is 43.9 Å². The second kappa shape index (κ2) is 9.14. The molecule has 2 amide bonds. The van der Waals surface area contributed by atoms with Gasteiger partial charge in [0, 0.05) is 24.7 Å². The van der Waals surface area contributed by atoms with Gasteiger partial charge in [0.25, 0.3) is 5.91 Å². The Hall–Kier alpha value is -2.92. The largest absolute Gasteiger partial charge is 0.446 e. The number of likely N-dealkylation sites (tertiary alicyclic amines) is 1. The van der Waals surface area contributed by atoms with Crippen molar-refractivity contribution >= 4 is 11.8 Å². The van der Waals surface area contributed by atoms with Gasteiger partial charge in [0.1, 0.15) is 11.9 Å². The van der Waals surface area contributed by atoms with Crippen LogP contribution >= 0.6 is 0 Å². The maximum absolute atomic E-state index is 12.8. The molecule has 0 spiro atoms. The Balaban J connectivity index is 1.17. The van der Waals surface area contributed by atoms with Crippen LogP contribution in [0.2, 0.25) is 0 Å². The molecule has 2 heterocycles. The highest BCUT2D eigenvalue weighted by atomic mass is 19.4. The maximum Gasteiger partial charge on any atom is 0.416 e. The van der Waals surface area contributed by atoms with Crippen molar-refractivity contribution in [3.8, 4) is 0 Å². The number of amides is 2. The summed E-state index contributed by atoms with van der Waals surface area (Å²) in [5.74, 6) is -0.795. The lowest BCUT2D eigenvalue weighted by Gasteiger charge is -2.47. The summed E-state index contributed by atoms with van der Waals surface area (Å²) in [6.07, 6.45) is 1.09. The van der Waals surface area contributed by atoms with Crippen LogP contribution in [0.5, 0.6) is 0 Å². The standard InChI is InChI=1S/C22H25F3N4O4/c23-22(24,25)15-3-1-2-14(10-15)19(31)27-11-18(30)28-16-12-29(13-16)17-4-6-21(32,7-5-17)20-26-8-9-33-20/h1-3,8-10,16-17,32H,4-7,11-13H2,(H,27,31)(H,28,30)/t17-,21-. The van der Waals surface area contributed by atoms with Crippen molar-refractivity contribution in [2.45, 2.75) is 49.5 Å². The Labute approximate surface area is 188 Å². The Kier molecular flexibility index (Phi) is 6.44. The summed E-state index contributed by atoms with van der Waals surface area (Å²) < 4.78 is 43.6. The number of rotatable bonds is 6. The van der Waals surface area contributed by atoms with E-state index in [1.165, 1.54) is 18.5 Å². The monoisotopic (exact) mass is 466 g/mol. The van der Waals surface area contributed by atoms with Crippen LogP contribution in [0.1, 0.15) is 47.5 Å². The lowest BCUT2D eigenvalue weighted by Crippen LogP contribution is -2.63. The molecule has 0 bridgehead atoms. The number of nitrogens with one attached hydrogen (secondary N) is 2. The molecule has 0 radical (unpaired) electrons. The second-order valence-electron chi connectivity index (χ2n) is 8.58. The Bertz CT molecular complexity index is 982. The molecule has 11 heteroatoms. The molecule has 8 nitrogen and oxygen atoms in total. The third-order valence-electron chi connectivity index (χ3n) is 6.27. The van der Waals surface area contributed by atoms with Gasteiger partial charge in [-0.25, -0.2) is 4.98 Å².